The van der Waals surface area contributed by atoms with E-state index in [2.05, 4.69) is 36.1 Å². The predicted molar refractivity (Wildman–Crippen MR) is 97.4 cm³/mol. The summed E-state index contributed by atoms with van der Waals surface area (Å²) in [6, 6.07) is 8.54. The Balaban J connectivity index is 0.000000487. The van der Waals surface area contributed by atoms with Gasteiger partial charge in [-0.2, -0.15) is 4.31 Å². The summed E-state index contributed by atoms with van der Waals surface area (Å²) in [5.74, 6) is -3.38. The van der Waals surface area contributed by atoms with Crippen LogP contribution in [-0.2, 0) is 26.2 Å². The molecule has 146 valence electrons. The van der Waals surface area contributed by atoms with Gasteiger partial charge in [-0.25, -0.2) is 18.0 Å². The first-order valence-electron chi connectivity index (χ1n) is 8.37. The topological polar surface area (TPSA) is 115 Å². The van der Waals surface area contributed by atoms with E-state index in [4.69, 9.17) is 19.8 Å². The van der Waals surface area contributed by atoms with Crippen molar-refractivity contribution in [2.24, 2.45) is 0 Å². The molecule has 1 aromatic carbocycles. The molecule has 0 saturated carbocycles. The molecule has 1 heterocycles. The highest BCUT2D eigenvalue weighted by molar-refractivity contribution is 7.89. The van der Waals surface area contributed by atoms with E-state index in [1.807, 2.05) is 6.92 Å². The highest BCUT2D eigenvalue weighted by atomic mass is 32.2. The number of aryl methyl sites for hydroxylation is 1. The standard InChI is InChI=1S/C15H24N2O2S.C2H2O4/c1-3-12-20(18,19)17-10-8-16(9-11-17)13-15-6-4-14(2)5-7-15;3-1(4)2(5)6/h4-7H,3,8-13H2,1-2H3;(H,3,4)(H,5,6). The van der Waals surface area contributed by atoms with Gasteiger partial charge in [0.15, 0.2) is 0 Å². The molecule has 0 radical (unpaired) electrons. The van der Waals surface area contributed by atoms with Gasteiger partial charge in [-0.05, 0) is 18.9 Å². The van der Waals surface area contributed by atoms with Crippen molar-refractivity contribution < 1.29 is 28.2 Å². The van der Waals surface area contributed by atoms with Crippen LogP contribution < -0.4 is 0 Å². The summed E-state index contributed by atoms with van der Waals surface area (Å²) in [7, 11) is -3.03. The Kier molecular flexibility index (Phi) is 8.70. The molecule has 1 fully saturated rings. The van der Waals surface area contributed by atoms with Crippen LogP contribution in [0.2, 0.25) is 0 Å². The fourth-order valence-electron chi connectivity index (χ4n) is 2.50. The number of benzene rings is 1. The molecule has 2 N–H and O–H groups in total. The van der Waals surface area contributed by atoms with Crippen molar-refractivity contribution >= 4 is 22.0 Å². The van der Waals surface area contributed by atoms with Gasteiger partial charge in [-0.3, -0.25) is 4.90 Å². The van der Waals surface area contributed by atoms with Crippen LogP contribution in [-0.4, -0.2) is 71.7 Å². The molecule has 0 aromatic heterocycles. The molecule has 0 aliphatic carbocycles. The average molecular weight is 386 g/mol. The normalized spacial score (nSPS) is 15.8. The van der Waals surface area contributed by atoms with Crippen LogP contribution in [0.4, 0.5) is 0 Å². The van der Waals surface area contributed by atoms with Crippen molar-refractivity contribution in [1.29, 1.82) is 0 Å². The van der Waals surface area contributed by atoms with Gasteiger partial charge in [0.25, 0.3) is 0 Å². The van der Waals surface area contributed by atoms with E-state index in [0.29, 0.717) is 19.5 Å². The third-order valence-corrected chi connectivity index (χ3v) is 5.97. The van der Waals surface area contributed by atoms with Crippen LogP contribution >= 0.6 is 0 Å². The third-order valence-electron chi connectivity index (χ3n) is 3.90. The van der Waals surface area contributed by atoms with Gasteiger partial charge in [0.05, 0.1) is 5.75 Å². The minimum atomic E-state index is -3.03. The second-order valence-electron chi connectivity index (χ2n) is 6.09. The third kappa shape index (κ3) is 7.51. The Hall–Kier alpha value is -1.97. The zero-order valence-electron chi connectivity index (χ0n) is 15.1. The zero-order chi connectivity index (χ0) is 19.7. The van der Waals surface area contributed by atoms with Crippen molar-refractivity contribution in [3.8, 4) is 0 Å². The Labute approximate surface area is 154 Å². The Morgan fingerprint density at radius 3 is 1.92 bits per heavy atom. The summed E-state index contributed by atoms with van der Waals surface area (Å²) >= 11 is 0. The maximum atomic E-state index is 12.0. The van der Waals surface area contributed by atoms with Gasteiger partial charge < -0.3 is 10.2 Å². The number of piperazine rings is 1. The average Bonchev–Trinajstić information content (AvgIpc) is 2.58. The first-order valence-corrected chi connectivity index (χ1v) is 9.98. The second-order valence-corrected chi connectivity index (χ2v) is 8.18. The summed E-state index contributed by atoms with van der Waals surface area (Å²) < 4.78 is 25.6. The van der Waals surface area contributed by atoms with E-state index in [9.17, 15) is 8.42 Å². The van der Waals surface area contributed by atoms with Crippen molar-refractivity contribution in [3.63, 3.8) is 0 Å². The van der Waals surface area contributed by atoms with E-state index in [1.165, 1.54) is 11.1 Å². The molecule has 0 spiro atoms. The van der Waals surface area contributed by atoms with E-state index >= 15 is 0 Å². The number of hydrogen-bond donors (Lipinski definition) is 2. The lowest BCUT2D eigenvalue weighted by Gasteiger charge is -2.34. The Bertz CT molecular complexity index is 682. The van der Waals surface area contributed by atoms with Crippen molar-refractivity contribution in [2.75, 3.05) is 31.9 Å². The lowest BCUT2D eigenvalue weighted by atomic mass is 10.1. The lowest BCUT2D eigenvalue weighted by Crippen LogP contribution is -2.48. The molecule has 0 amide bonds. The van der Waals surface area contributed by atoms with Crippen LogP contribution in [0.25, 0.3) is 0 Å². The molecule has 1 saturated heterocycles. The molecule has 1 aliphatic heterocycles. The molecule has 0 bridgehead atoms. The monoisotopic (exact) mass is 386 g/mol. The molecule has 0 atom stereocenters. The number of carboxylic acids is 2. The fourth-order valence-corrected chi connectivity index (χ4v) is 4.00. The number of rotatable bonds is 5. The lowest BCUT2D eigenvalue weighted by molar-refractivity contribution is -0.159. The molecule has 9 heteroatoms. The first-order chi connectivity index (χ1) is 12.2. The van der Waals surface area contributed by atoms with E-state index in [1.54, 1.807) is 4.31 Å². The van der Waals surface area contributed by atoms with Gasteiger partial charge in [0.1, 0.15) is 0 Å². The molecule has 26 heavy (non-hydrogen) atoms. The van der Waals surface area contributed by atoms with Crippen LogP contribution in [0.5, 0.6) is 0 Å². The SMILES string of the molecule is CCCS(=O)(=O)N1CCN(Cc2ccc(C)cc2)CC1.O=C(O)C(=O)O. The van der Waals surface area contributed by atoms with E-state index in [0.717, 1.165) is 19.6 Å². The minimum absolute atomic E-state index is 0.269. The van der Waals surface area contributed by atoms with Crippen LogP contribution in [0.3, 0.4) is 0 Å². The van der Waals surface area contributed by atoms with Crippen LogP contribution in [0, 0.1) is 6.92 Å². The second kappa shape index (κ2) is 10.2. The highest BCUT2D eigenvalue weighted by Crippen LogP contribution is 2.12. The van der Waals surface area contributed by atoms with Gasteiger partial charge in [-0.15, -0.1) is 0 Å². The summed E-state index contributed by atoms with van der Waals surface area (Å²) in [6.07, 6.45) is 0.686. The van der Waals surface area contributed by atoms with Gasteiger partial charge in [0.2, 0.25) is 10.0 Å². The summed E-state index contributed by atoms with van der Waals surface area (Å²) in [4.78, 5) is 20.5. The largest absolute Gasteiger partial charge is 0.473 e. The number of aliphatic carboxylic acids is 2. The van der Waals surface area contributed by atoms with Gasteiger partial charge in [0, 0.05) is 32.7 Å². The van der Waals surface area contributed by atoms with Crippen molar-refractivity contribution in [1.82, 2.24) is 9.21 Å². The Morgan fingerprint density at radius 1 is 1.00 bits per heavy atom. The Morgan fingerprint density at radius 2 is 1.50 bits per heavy atom. The molecule has 2 rings (SSSR count). The maximum absolute atomic E-state index is 12.0. The number of carboxylic acid groups (broad SMARTS) is 2. The highest BCUT2D eigenvalue weighted by Gasteiger charge is 2.25. The quantitative estimate of drug-likeness (QED) is 0.726. The summed E-state index contributed by atoms with van der Waals surface area (Å²) in [5, 5.41) is 14.8. The molecule has 1 aromatic rings. The van der Waals surface area contributed by atoms with Gasteiger partial charge in [-0.1, -0.05) is 36.8 Å². The number of nitrogens with zero attached hydrogens (tertiary/aromatic N) is 2. The number of sulfonamides is 1. The maximum Gasteiger partial charge on any atom is 0.414 e. The zero-order valence-corrected chi connectivity index (χ0v) is 15.9. The summed E-state index contributed by atoms with van der Waals surface area (Å²) in [6.45, 7) is 7.77. The predicted octanol–water partition coefficient (Wildman–Crippen LogP) is 1.01. The number of carbonyl (C=O) groups is 2. The molecule has 8 nitrogen and oxygen atoms in total. The van der Waals surface area contributed by atoms with Crippen LogP contribution in [0.15, 0.2) is 24.3 Å². The summed E-state index contributed by atoms with van der Waals surface area (Å²) in [5.41, 5.74) is 2.56. The van der Waals surface area contributed by atoms with Gasteiger partial charge >= 0.3 is 11.9 Å². The molecular weight excluding hydrogens is 360 g/mol. The molecular formula is C17H26N2O6S. The smallest absolute Gasteiger partial charge is 0.414 e. The molecule has 1 aliphatic rings. The van der Waals surface area contributed by atoms with E-state index in [-0.39, 0.29) is 5.75 Å². The van der Waals surface area contributed by atoms with Crippen LogP contribution in [0.1, 0.15) is 24.5 Å². The minimum Gasteiger partial charge on any atom is -0.473 e. The molecule has 0 unspecified atom stereocenters. The fraction of sp³-hybridized carbons (Fsp3) is 0.529. The number of hydrogen-bond acceptors (Lipinski definition) is 5. The van der Waals surface area contributed by atoms with Crippen molar-refractivity contribution in [3.05, 3.63) is 35.4 Å². The van der Waals surface area contributed by atoms with E-state index < -0.39 is 22.0 Å². The van der Waals surface area contributed by atoms with Crippen molar-refractivity contribution in [2.45, 2.75) is 26.8 Å². The first kappa shape index (κ1) is 22.1.